The quantitative estimate of drug-likeness (QED) is 0.443. The highest BCUT2D eigenvalue weighted by Crippen LogP contribution is 2.25. The number of carbonyl (C=O) groups excluding carboxylic acids is 2. The minimum atomic E-state index is -1.05. The molecular weight excluding hydrogens is 320 g/mol. The summed E-state index contributed by atoms with van der Waals surface area (Å²) in [5.74, 6) is -0.217. The first kappa shape index (κ1) is 17.9. The molecule has 0 atom stereocenters. The van der Waals surface area contributed by atoms with E-state index in [1.165, 1.54) is 26.4 Å². The van der Waals surface area contributed by atoms with Crippen LogP contribution in [0.5, 0.6) is 11.5 Å². The monoisotopic (exact) mass is 340 g/mol. The molecule has 8 heteroatoms. The van der Waals surface area contributed by atoms with Crippen LogP contribution in [0.25, 0.3) is 0 Å². The molecule has 2 rings (SSSR count). The molecule has 0 saturated heterocycles. The van der Waals surface area contributed by atoms with Crippen LogP contribution < -0.4 is 9.47 Å². The largest absolute Gasteiger partial charge is 0.543 e. The van der Waals surface area contributed by atoms with Gasteiger partial charge in [0.1, 0.15) is 23.2 Å². The van der Waals surface area contributed by atoms with E-state index in [0.717, 1.165) is 32.1 Å². The molecule has 1 aromatic carbocycles. The Kier molecular flexibility index (Phi) is 6.68. The Morgan fingerprint density at radius 1 is 1.00 bits per heavy atom. The zero-order valence-electron chi connectivity index (χ0n) is 13.6. The van der Waals surface area contributed by atoms with Crippen LogP contribution in [0, 0.1) is 0 Å². The third kappa shape index (κ3) is 5.02. The van der Waals surface area contributed by atoms with Crippen molar-refractivity contribution in [2.45, 2.75) is 38.2 Å². The summed E-state index contributed by atoms with van der Waals surface area (Å²) in [4.78, 5) is 32.1. The predicted molar refractivity (Wildman–Crippen MR) is 80.5 cm³/mol. The van der Waals surface area contributed by atoms with Gasteiger partial charge in [-0.1, -0.05) is 6.42 Å². The van der Waals surface area contributed by atoms with Gasteiger partial charge in [-0.25, -0.2) is 14.5 Å². The third-order valence-electron chi connectivity index (χ3n) is 3.65. The van der Waals surface area contributed by atoms with Gasteiger partial charge in [-0.3, -0.25) is 4.89 Å². The molecule has 132 valence electrons. The molecule has 1 fully saturated rings. The van der Waals surface area contributed by atoms with E-state index in [4.69, 9.17) is 14.2 Å². The van der Waals surface area contributed by atoms with Gasteiger partial charge in [0.2, 0.25) is 0 Å². The van der Waals surface area contributed by atoms with Crippen LogP contribution in [-0.2, 0) is 19.6 Å². The number of carbonyl (C=O) groups is 2. The Labute approximate surface area is 139 Å². The SMILES string of the molecule is COc1ccc(OC)c(C(=O)OOOC(=O)OC2CCCCC2)c1. The maximum Gasteiger partial charge on any atom is 0.543 e. The number of hydrogen-bond donors (Lipinski definition) is 0. The van der Waals surface area contributed by atoms with E-state index >= 15 is 0 Å². The molecule has 0 aromatic heterocycles. The summed E-state index contributed by atoms with van der Waals surface area (Å²) >= 11 is 0. The van der Waals surface area contributed by atoms with Crippen LogP contribution in [0.1, 0.15) is 42.5 Å². The van der Waals surface area contributed by atoms with Gasteiger partial charge in [-0.05, 0) is 43.9 Å². The molecule has 1 aliphatic carbocycles. The fourth-order valence-corrected chi connectivity index (χ4v) is 2.43. The van der Waals surface area contributed by atoms with Crippen LogP contribution in [0.3, 0.4) is 0 Å². The van der Waals surface area contributed by atoms with Gasteiger partial charge in [0.05, 0.1) is 19.3 Å². The van der Waals surface area contributed by atoms with Gasteiger partial charge in [0.25, 0.3) is 0 Å². The molecule has 0 amide bonds. The van der Waals surface area contributed by atoms with E-state index in [9.17, 15) is 9.59 Å². The van der Waals surface area contributed by atoms with Crippen LogP contribution in [0.4, 0.5) is 4.79 Å². The predicted octanol–water partition coefficient (Wildman–Crippen LogP) is 3.19. The Morgan fingerprint density at radius 2 is 1.75 bits per heavy atom. The zero-order chi connectivity index (χ0) is 17.4. The van der Waals surface area contributed by atoms with E-state index in [0.29, 0.717) is 5.75 Å². The highest BCUT2D eigenvalue weighted by atomic mass is 17.5. The van der Waals surface area contributed by atoms with Gasteiger partial charge in [-0.15, -0.1) is 0 Å². The zero-order valence-corrected chi connectivity index (χ0v) is 13.6. The van der Waals surface area contributed by atoms with Crippen molar-refractivity contribution in [1.29, 1.82) is 0 Å². The molecular formula is C16H20O8. The average molecular weight is 340 g/mol. The van der Waals surface area contributed by atoms with Crippen molar-refractivity contribution in [3.05, 3.63) is 23.8 Å². The summed E-state index contributed by atoms with van der Waals surface area (Å²) < 4.78 is 15.1. The summed E-state index contributed by atoms with van der Waals surface area (Å²) in [5, 5.41) is 4.21. The average Bonchev–Trinajstić information content (AvgIpc) is 2.61. The van der Waals surface area contributed by atoms with Crippen LogP contribution in [-0.4, -0.2) is 32.4 Å². The molecule has 0 spiro atoms. The van der Waals surface area contributed by atoms with Crippen molar-refractivity contribution >= 4 is 12.1 Å². The molecule has 1 saturated carbocycles. The molecule has 24 heavy (non-hydrogen) atoms. The normalized spacial score (nSPS) is 14.6. The number of benzene rings is 1. The van der Waals surface area contributed by atoms with Crippen molar-refractivity contribution in [2.75, 3.05) is 14.2 Å². The smallest absolute Gasteiger partial charge is 0.497 e. The summed E-state index contributed by atoms with van der Waals surface area (Å²) in [6, 6.07) is 4.56. The van der Waals surface area contributed by atoms with Gasteiger partial charge in [0.15, 0.2) is 0 Å². The number of ether oxygens (including phenoxy) is 3. The highest BCUT2D eigenvalue weighted by Gasteiger charge is 2.21. The van der Waals surface area contributed by atoms with E-state index in [1.54, 1.807) is 6.07 Å². The molecule has 0 aliphatic heterocycles. The lowest BCUT2D eigenvalue weighted by Gasteiger charge is -2.20. The lowest BCUT2D eigenvalue weighted by Crippen LogP contribution is -2.22. The highest BCUT2D eigenvalue weighted by molar-refractivity contribution is 5.92. The van der Waals surface area contributed by atoms with Crippen molar-refractivity contribution in [3.63, 3.8) is 0 Å². The molecule has 0 bridgehead atoms. The number of hydrogen-bond acceptors (Lipinski definition) is 8. The lowest BCUT2D eigenvalue weighted by atomic mass is 9.98. The maximum atomic E-state index is 11.9. The molecule has 0 unspecified atom stereocenters. The maximum absolute atomic E-state index is 11.9. The molecule has 0 radical (unpaired) electrons. The van der Waals surface area contributed by atoms with Gasteiger partial charge in [0, 0.05) is 0 Å². The second kappa shape index (κ2) is 8.97. The topological polar surface area (TPSA) is 89.5 Å². The standard InChI is InChI=1S/C16H20O8/c1-19-12-8-9-14(20-2)13(10-12)15(17)22-24-23-16(18)21-11-6-4-3-5-7-11/h8-11H,3-7H2,1-2H3. The molecule has 1 aromatic rings. The summed E-state index contributed by atoms with van der Waals surface area (Å²) in [6.45, 7) is 0. The molecule has 1 aliphatic rings. The van der Waals surface area contributed by atoms with Crippen molar-refractivity contribution in [2.24, 2.45) is 0 Å². The number of methoxy groups -OCH3 is 2. The molecule has 0 heterocycles. The van der Waals surface area contributed by atoms with Crippen molar-refractivity contribution < 1.29 is 38.6 Å². The van der Waals surface area contributed by atoms with Crippen molar-refractivity contribution in [1.82, 2.24) is 0 Å². The Hall–Kier alpha value is -2.48. The van der Waals surface area contributed by atoms with Crippen LogP contribution in [0.15, 0.2) is 18.2 Å². The van der Waals surface area contributed by atoms with E-state index in [2.05, 4.69) is 14.8 Å². The van der Waals surface area contributed by atoms with E-state index < -0.39 is 12.1 Å². The van der Waals surface area contributed by atoms with E-state index in [-0.39, 0.29) is 17.4 Å². The lowest BCUT2D eigenvalue weighted by molar-refractivity contribution is -0.453. The summed E-state index contributed by atoms with van der Waals surface area (Å²) in [7, 11) is 2.86. The summed E-state index contributed by atoms with van der Waals surface area (Å²) in [6.07, 6.45) is 3.47. The minimum Gasteiger partial charge on any atom is -0.497 e. The second-order valence-corrected chi connectivity index (χ2v) is 5.22. The first-order valence-corrected chi connectivity index (χ1v) is 7.62. The summed E-state index contributed by atoms with van der Waals surface area (Å²) in [5.41, 5.74) is 0.0566. The Balaban J connectivity index is 1.81. The van der Waals surface area contributed by atoms with Crippen molar-refractivity contribution in [3.8, 4) is 11.5 Å². The number of rotatable bonds is 6. The van der Waals surface area contributed by atoms with Crippen LogP contribution in [0.2, 0.25) is 0 Å². The molecule has 8 nitrogen and oxygen atoms in total. The fraction of sp³-hybridized carbons (Fsp3) is 0.500. The second-order valence-electron chi connectivity index (χ2n) is 5.22. The first-order chi connectivity index (χ1) is 11.6. The minimum absolute atomic E-state index is 0.0566. The fourth-order valence-electron chi connectivity index (χ4n) is 2.43. The van der Waals surface area contributed by atoms with Gasteiger partial charge < -0.3 is 14.2 Å². The van der Waals surface area contributed by atoms with E-state index in [1.807, 2.05) is 0 Å². The third-order valence-corrected chi connectivity index (χ3v) is 3.65. The Morgan fingerprint density at radius 3 is 2.42 bits per heavy atom. The van der Waals surface area contributed by atoms with Crippen LogP contribution >= 0.6 is 0 Å². The molecule has 0 N–H and O–H groups in total. The first-order valence-electron chi connectivity index (χ1n) is 7.62. The Bertz CT molecular complexity index is 565. The van der Waals surface area contributed by atoms with Gasteiger partial charge in [-0.2, -0.15) is 0 Å². The van der Waals surface area contributed by atoms with Gasteiger partial charge >= 0.3 is 12.1 Å².